The molecule has 0 saturated heterocycles. The predicted octanol–water partition coefficient (Wildman–Crippen LogP) is 3.60. The lowest BCUT2D eigenvalue weighted by molar-refractivity contribution is 0.323. The number of hydrogen-bond acceptors (Lipinski definition) is 1. The molecule has 2 N–H and O–H groups in total. The minimum Gasteiger partial charge on any atom is -0.328 e. The van der Waals surface area contributed by atoms with Crippen LogP contribution in [0.25, 0.3) is 0 Å². The van der Waals surface area contributed by atoms with Gasteiger partial charge in [0, 0.05) is 6.54 Å². The Kier molecular flexibility index (Phi) is 5.63. The van der Waals surface area contributed by atoms with Crippen LogP contribution in [0.3, 0.4) is 0 Å². The maximum atomic E-state index is 13.1. The number of nitrogens with two attached hydrogens (primary N) is 1. The summed E-state index contributed by atoms with van der Waals surface area (Å²) in [5.41, 5.74) is 9.23. The van der Waals surface area contributed by atoms with Crippen LogP contribution in [0.5, 0.6) is 0 Å². The maximum absolute atomic E-state index is 13.1. The normalized spacial score (nSPS) is 13.1. The first-order chi connectivity index (χ1) is 8.06. The van der Waals surface area contributed by atoms with Crippen LogP contribution in [0.1, 0.15) is 49.8 Å². The van der Waals surface area contributed by atoms with E-state index in [1.807, 2.05) is 0 Å². The first-order valence-corrected chi connectivity index (χ1v) is 6.53. The molecule has 1 rings (SSSR count). The lowest BCUT2D eigenvalue weighted by atomic mass is 9.94. The number of hydrogen-bond donors (Lipinski definition) is 1. The molecule has 0 radical (unpaired) electrons. The largest absolute Gasteiger partial charge is 0.328 e. The van der Waals surface area contributed by atoms with Crippen molar-refractivity contribution in [3.63, 3.8) is 0 Å². The van der Waals surface area contributed by atoms with Crippen molar-refractivity contribution in [2.75, 3.05) is 6.54 Å². The quantitative estimate of drug-likeness (QED) is 0.803. The molecule has 0 saturated carbocycles. The van der Waals surface area contributed by atoms with Gasteiger partial charge in [0.1, 0.15) is 6.17 Å². The van der Waals surface area contributed by atoms with Gasteiger partial charge in [0.15, 0.2) is 0 Å². The Morgan fingerprint density at radius 3 is 2.35 bits per heavy atom. The van der Waals surface area contributed by atoms with Crippen molar-refractivity contribution in [2.24, 2.45) is 5.73 Å². The Morgan fingerprint density at radius 1 is 1.18 bits per heavy atom. The van der Waals surface area contributed by atoms with Gasteiger partial charge in [-0.25, -0.2) is 4.39 Å². The molecule has 96 valence electrons. The van der Waals surface area contributed by atoms with Gasteiger partial charge in [0.25, 0.3) is 0 Å². The molecule has 0 aliphatic rings. The van der Waals surface area contributed by atoms with E-state index < -0.39 is 6.17 Å². The van der Waals surface area contributed by atoms with Crippen molar-refractivity contribution in [3.8, 4) is 0 Å². The molecular formula is C15H24FN. The Bertz CT molecular complexity index is 347. The van der Waals surface area contributed by atoms with Crippen molar-refractivity contribution in [2.45, 2.75) is 52.1 Å². The van der Waals surface area contributed by atoms with Crippen LogP contribution >= 0.6 is 0 Å². The number of aryl methyl sites for hydroxylation is 2. The van der Waals surface area contributed by atoms with E-state index in [4.69, 9.17) is 5.73 Å². The first kappa shape index (κ1) is 14.2. The molecule has 2 heteroatoms. The molecule has 1 aromatic rings. The van der Waals surface area contributed by atoms with Crippen molar-refractivity contribution in [3.05, 3.63) is 34.9 Å². The predicted molar refractivity (Wildman–Crippen MR) is 72.2 cm³/mol. The summed E-state index contributed by atoms with van der Waals surface area (Å²) in [5, 5.41) is 0. The highest BCUT2D eigenvalue weighted by atomic mass is 19.1. The molecule has 0 aromatic heterocycles. The summed E-state index contributed by atoms with van der Waals surface area (Å²) in [7, 11) is 0. The van der Waals surface area contributed by atoms with E-state index in [1.165, 1.54) is 16.7 Å². The zero-order valence-electron chi connectivity index (χ0n) is 11.2. The summed E-state index contributed by atoms with van der Waals surface area (Å²) in [6, 6.07) is 6.65. The monoisotopic (exact) mass is 237 g/mol. The molecule has 0 heterocycles. The lowest BCUT2D eigenvalue weighted by Gasteiger charge is -2.12. The van der Waals surface area contributed by atoms with Crippen molar-refractivity contribution >= 4 is 0 Å². The second-order valence-corrected chi connectivity index (χ2v) is 4.96. The molecule has 0 aliphatic carbocycles. The standard InChI is InChI=1S/C15H24FN/c1-4-12-7-13(5-6-15(16)10-17)9-14(8-12)11(2)3/h7-9,11,15H,4-6,10,17H2,1-3H3/t15-/m0/s1. The van der Waals surface area contributed by atoms with Crippen LogP contribution < -0.4 is 5.73 Å². The number of alkyl halides is 1. The maximum Gasteiger partial charge on any atom is 0.113 e. The Labute approximate surface area is 104 Å². The zero-order valence-corrected chi connectivity index (χ0v) is 11.2. The highest BCUT2D eigenvalue weighted by Gasteiger charge is 2.07. The second kappa shape index (κ2) is 6.75. The van der Waals surface area contributed by atoms with Crippen LogP contribution in [0.4, 0.5) is 4.39 Å². The highest BCUT2D eigenvalue weighted by Crippen LogP contribution is 2.20. The average Bonchev–Trinajstić information content (AvgIpc) is 2.35. The minimum atomic E-state index is -0.872. The minimum absolute atomic E-state index is 0.129. The fourth-order valence-electron chi connectivity index (χ4n) is 1.91. The molecule has 17 heavy (non-hydrogen) atoms. The number of benzene rings is 1. The molecule has 1 atom stereocenters. The van der Waals surface area contributed by atoms with Gasteiger partial charge in [0.2, 0.25) is 0 Å². The van der Waals surface area contributed by atoms with Crippen LogP contribution in [0, 0.1) is 0 Å². The number of rotatable bonds is 6. The number of halogens is 1. The second-order valence-electron chi connectivity index (χ2n) is 4.96. The zero-order chi connectivity index (χ0) is 12.8. The molecule has 0 unspecified atom stereocenters. The summed E-state index contributed by atoms with van der Waals surface area (Å²) in [6.45, 7) is 6.67. The van der Waals surface area contributed by atoms with Gasteiger partial charge in [0.05, 0.1) is 0 Å². The molecule has 1 nitrogen and oxygen atoms in total. The lowest BCUT2D eigenvalue weighted by Crippen LogP contribution is -2.15. The third-order valence-corrected chi connectivity index (χ3v) is 3.15. The summed E-state index contributed by atoms with van der Waals surface area (Å²) >= 11 is 0. The average molecular weight is 237 g/mol. The molecule has 0 aliphatic heterocycles. The molecular weight excluding hydrogens is 213 g/mol. The molecule has 0 amide bonds. The van der Waals surface area contributed by atoms with Crippen molar-refractivity contribution in [1.82, 2.24) is 0 Å². The van der Waals surface area contributed by atoms with E-state index >= 15 is 0 Å². The van der Waals surface area contributed by atoms with E-state index in [-0.39, 0.29) is 6.54 Å². The Hall–Kier alpha value is -0.890. The summed E-state index contributed by atoms with van der Waals surface area (Å²) in [5.74, 6) is 0.524. The van der Waals surface area contributed by atoms with Gasteiger partial charge in [-0.1, -0.05) is 39.0 Å². The van der Waals surface area contributed by atoms with Gasteiger partial charge < -0.3 is 5.73 Å². The smallest absolute Gasteiger partial charge is 0.113 e. The van der Waals surface area contributed by atoms with Crippen LogP contribution in [-0.2, 0) is 12.8 Å². The SMILES string of the molecule is CCc1cc(CC[C@H](F)CN)cc(C(C)C)c1. The van der Waals surface area contributed by atoms with Crippen LogP contribution in [0.2, 0.25) is 0 Å². The summed E-state index contributed by atoms with van der Waals surface area (Å²) < 4.78 is 13.1. The van der Waals surface area contributed by atoms with Crippen molar-refractivity contribution in [1.29, 1.82) is 0 Å². The third kappa shape index (κ3) is 4.47. The summed E-state index contributed by atoms with van der Waals surface area (Å²) in [6.07, 6.45) is 1.47. The Balaban J connectivity index is 2.80. The van der Waals surface area contributed by atoms with E-state index in [0.29, 0.717) is 12.3 Å². The molecule has 0 fully saturated rings. The van der Waals surface area contributed by atoms with E-state index in [9.17, 15) is 4.39 Å². The highest BCUT2D eigenvalue weighted by molar-refractivity contribution is 5.32. The first-order valence-electron chi connectivity index (χ1n) is 6.53. The third-order valence-electron chi connectivity index (χ3n) is 3.15. The fourth-order valence-corrected chi connectivity index (χ4v) is 1.91. The van der Waals surface area contributed by atoms with Gasteiger partial charge in [-0.3, -0.25) is 0 Å². The molecule has 0 bridgehead atoms. The van der Waals surface area contributed by atoms with Gasteiger partial charge in [-0.2, -0.15) is 0 Å². The fraction of sp³-hybridized carbons (Fsp3) is 0.600. The molecule has 1 aromatic carbocycles. The van der Waals surface area contributed by atoms with Crippen LogP contribution in [-0.4, -0.2) is 12.7 Å². The van der Waals surface area contributed by atoms with Gasteiger partial charge in [-0.05, 0) is 41.9 Å². The molecule has 0 spiro atoms. The topological polar surface area (TPSA) is 26.0 Å². The van der Waals surface area contributed by atoms with Gasteiger partial charge in [-0.15, -0.1) is 0 Å². The van der Waals surface area contributed by atoms with E-state index in [2.05, 4.69) is 39.0 Å². The van der Waals surface area contributed by atoms with Crippen LogP contribution in [0.15, 0.2) is 18.2 Å². The van der Waals surface area contributed by atoms with Crippen molar-refractivity contribution < 1.29 is 4.39 Å². The summed E-state index contributed by atoms with van der Waals surface area (Å²) in [4.78, 5) is 0. The van der Waals surface area contributed by atoms with E-state index in [0.717, 1.165) is 12.8 Å². The van der Waals surface area contributed by atoms with E-state index in [1.54, 1.807) is 0 Å². The Morgan fingerprint density at radius 2 is 1.82 bits per heavy atom. The van der Waals surface area contributed by atoms with Gasteiger partial charge >= 0.3 is 0 Å².